The van der Waals surface area contributed by atoms with Crippen molar-refractivity contribution in [2.75, 3.05) is 0 Å². The smallest absolute Gasteiger partial charge is 0.171 e. The molecule has 0 aliphatic rings. The van der Waals surface area contributed by atoms with E-state index < -0.39 is 0 Å². The van der Waals surface area contributed by atoms with Crippen molar-refractivity contribution in [1.82, 2.24) is 4.98 Å². The first kappa shape index (κ1) is 14.9. The number of hydrogen-bond acceptors (Lipinski definition) is 3. The molecule has 0 fully saturated rings. The van der Waals surface area contributed by atoms with Crippen molar-refractivity contribution in [3.63, 3.8) is 0 Å². The Balaban J connectivity index is 2.50. The van der Waals surface area contributed by atoms with Crippen LogP contribution in [0, 0.1) is 0 Å². The molecule has 2 aromatic rings. The van der Waals surface area contributed by atoms with E-state index in [0.29, 0.717) is 0 Å². The van der Waals surface area contributed by atoms with Crippen LogP contribution in [0.5, 0.6) is 0 Å². The molecule has 0 saturated carbocycles. The van der Waals surface area contributed by atoms with Gasteiger partial charge in [0.15, 0.2) is 5.78 Å². The molecule has 0 amide bonds. The summed E-state index contributed by atoms with van der Waals surface area (Å²) in [5.74, 6) is 0.101. The molecule has 0 aliphatic heterocycles. The predicted molar refractivity (Wildman–Crippen MR) is 85.6 cm³/mol. The van der Waals surface area contributed by atoms with Gasteiger partial charge in [0.2, 0.25) is 0 Å². The summed E-state index contributed by atoms with van der Waals surface area (Å²) in [7, 11) is 0. The maximum Gasteiger partial charge on any atom is 0.171 e. The Kier molecular flexibility index (Phi) is 4.09. The van der Waals surface area contributed by atoms with E-state index in [2.05, 4.69) is 52.0 Å². The number of carbonyl (C=O) groups excluding carboxylic acids is 1. The SMILES string of the molecule is CCc1ccc(-c2nc(C(C)(C)C)c(C(C)=O)s2)cc1. The van der Waals surface area contributed by atoms with Crippen LogP contribution in [0.1, 0.15) is 55.5 Å². The fourth-order valence-corrected chi connectivity index (χ4v) is 3.25. The molecule has 0 N–H and O–H groups in total. The van der Waals surface area contributed by atoms with Crippen molar-refractivity contribution in [2.24, 2.45) is 0 Å². The highest BCUT2D eigenvalue weighted by atomic mass is 32.1. The second-order valence-corrected chi connectivity index (χ2v) is 7.05. The average molecular weight is 287 g/mol. The average Bonchev–Trinajstić information content (AvgIpc) is 2.84. The summed E-state index contributed by atoms with van der Waals surface area (Å²) in [6, 6.07) is 8.43. The number of benzene rings is 1. The van der Waals surface area contributed by atoms with E-state index in [1.165, 1.54) is 16.9 Å². The highest BCUT2D eigenvalue weighted by Crippen LogP contribution is 2.34. The monoisotopic (exact) mass is 287 g/mol. The minimum absolute atomic E-state index is 0.101. The molecule has 20 heavy (non-hydrogen) atoms. The van der Waals surface area contributed by atoms with E-state index in [0.717, 1.165) is 27.6 Å². The number of nitrogens with zero attached hydrogens (tertiary/aromatic N) is 1. The summed E-state index contributed by atoms with van der Waals surface area (Å²) in [6.07, 6.45) is 1.03. The highest BCUT2D eigenvalue weighted by molar-refractivity contribution is 7.17. The lowest BCUT2D eigenvalue weighted by molar-refractivity contribution is 0.101. The van der Waals surface area contributed by atoms with Gasteiger partial charge in [-0.2, -0.15) is 0 Å². The molecular weight excluding hydrogens is 266 g/mol. The van der Waals surface area contributed by atoms with Crippen LogP contribution in [-0.2, 0) is 11.8 Å². The van der Waals surface area contributed by atoms with Gasteiger partial charge in [-0.3, -0.25) is 4.79 Å². The summed E-state index contributed by atoms with van der Waals surface area (Å²) in [5, 5.41) is 0.933. The van der Waals surface area contributed by atoms with Gasteiger partial charge in [0.25, 0.3) is 0 Å². The zero-order chi connectivity index (χ0) is 14.9. The van der Waals surface area contributed by atoms with Gasteiger partial charge in [-0.15, -0.1) is 11.3 Å². The van der Waals surface area contributed by atoms with Crippen molar-refractivity contribution < 1.29 is 4.79 Å². The van der Waals surface area contributed by atoms with E-state index in [9.17, 15) is 4.79 Å². The molecule has 0 atom stereocenters. The van der Waals surface area contributed by atoms with E-state index in [-0.39, 0.29) is 11.2 Å². The molecule has 106 valence electrons. The molecule has 0 aliphatic carbocycles. The van der Waals surface area contributed by atoms with Crippen LogP contribution in [0.15, 0.2) is 24.3 Å². The van der Waals surface area contributed by atoms with Gasteiger partial charge in [0.1, 0.15) is 5.01 Å². The van der Waals surface area contributed by atoms with Crippen molar-refractivity contribution in [2.45, 2.75) is 46.5 Å². The van der Waals surface area contributed by atoms with Crippen LogP contribution in [0.25, 0.3) is 10.6 Å². The molecule has 2 rings (SSSR count). The standard InChI is InChI=1S/C17H21NOS/c1-6-12-7-9-13(10-8-12)16-18-15(17(3,4)5)14(20-16)11(2)19/h7-10H,6H2,1-5H3. The van der Waals surface area contributed by atoms with Crippen LogP contribution in [0.2, 0.25) is 0 Å². The Morgan fingerprint density at radius 3 is 2.20 bits per heavy atom. The number of carbonyl (C=O) groups is 1. The van der Waals surface area contributed by atoms with Gasteiger partial charge >= 0.3 is 0 Å². The lowest BCUT2D eigenvalue weighted by Crippen LogP contribution is -2.15. The topological polar surface area (TPSA) is 30.0 Å². The summed E-state index contributed by atoms with van der Waals surface area (Å²) in [6.45, 7) is 10.0. The Bertz CT molecular complexity index is 617. The molecule has 1 heterocycles. The Morgan fingerprint density at radius 1 is 1.20 bits per heavy atom. The maximum atomic E-state index is 11.8. The summed E-state index contributed by atoms with van der Waals surface area (Å²) in [5.41, 5.74) is 3.20. The molecular formula is C17H21NOS. The summed E-state index contributed by atoms with van der Waals surface area (Å²) < 4.78 is 0. The number of Topliss-reactive ketones (excluding diaryl/α,β-unsaturated/α-hetero) is 1. The second-order valence-electron chi connectivity index (χ2n) is 6.05. The number of aromatic nitrogens is 1. The third kappa shape index (κ3) is 2.98. The van der Waals surface area contributed by atoms with E-state index in [4.69, 9.17) is 4.98 Å². The zero-order valence-corrected chi connectivity index (χ0v) is 13.6. The number of rotatable bonds is 3. The Morgan fingerprint density at radius 2 is 1.80 bits per heavy atom. The van der Waals surface area contributed by atoms with Gasteiger partial charge in [-0.25, -0.2) is 4.98 Å². The van der Waals surface area contributed by atoms with Crippen LogP contribution >= 0.6 is 11.3 Å². The van der Waals surface area contributed by atoms with E-state index in [1.807, 2.05) is 0 Å². The molecule has 1 aromatic heterocycles. The van der Waals surface area contributed by atoms with Gasteiger partial charge in [0, 0.05) is 17.9 Å². The van der Waals surface area contributed by atoms with Crippen LogP contribution in [0.4, 0.5) is 0 Å². The van der Waals surface area contributed by atoms with Crippen LogP contribution in [-0.4, -0.2) is 10.8 Å². The van der Waals surface area contributed by atoms with E-state index in [1.54, 1.807) is 6.92 Å². The first-order valence-corrected chi connectivity index (χ1v) is 7.76. The number of ketones is 1. The number of hydrogen-bond donors (Lipinski definition) is 0. The number of thiazole rings is 1. The van der Waals surface area contributed by atoms with Gasteiger partial charge in [0.05, 0.1) is 10.6 Å². The number of aryl methyl sites for hydroxylation is 1. The first-order valence-electron chi connectivity index (χ1n) is 6.94. The van der Waals surface area contributed by atoms with Gasteiger partial charge in [-0.1, -0.05) is 52.0 Å². The third-order valence-electron chi connectivity index (χ3n) is 3.27. The quantitative estimate of drug-likeness (QED) is 0.754. The lowest BCUT2D eigenvalue weighted by Gasteiger charge is -2.16. The normalized spacial score (nSPS) is 11.7. The summed E-state index contributed by atoms with van der Waals surface area (Å²) in [4.78, 5) is 17.3. The Labute approximate surface area is 124 Å². The summed E-state index contributed by atoms with van der Waals surface area (Å²) >= 11 is 1.50. The second kappa shape index (κ2) is 5.49. The molecule has 0 unspecified atom stereocenters. The molecule has 3 heteroatoms. The van der Waals surface area contributed by atoms with Crippen molar-refractivity contribution in [3.05, 3.63) is 40.4 Å². The lowest BCUT2D eigenvalue weighted by atomic mass is 9.90. The zero-order valence-electron chi connectivity index (χ0n) is 12.8. The minimum atomic E-state index is -0.112. The van der Waals surface area contributed by atoms with Gasteiger partial charge < -0.3 is 0 Å². The minimum Gasteiger partial charge on any atom is -0.294 e. The maximum absolute atomic E-state index is 11.8. The molecule has 2 nitrogen and oxygen atoms in total. The fraction of sp³-hybridized carbons (Fsp3) is 0.412. The molecule has 0 spiro atoms. The highest BCUT2D eigenvalue weighted by Gasteiger charge is 2.25. The largest absolute Gasteiger partial charge is 0.294 e. The molecule has 0 bridgehead atoms. The first-order chi connectivity index (χ1) is 9.32. The van der Waals surface area contributed by atoms with Crippen molar-refractivity contribution in [3.8, 4) is 10.6 Å². The van der Waals surface area contributed by atoms with Crippen molar-refractivity contribution >= 4 is 17.1 Å². The molecule has 0 radical (unpaired) electrons. The van der Waals surface area contributed by atoms with Crippen LogP contribution < -0.4 is 0 Å². The fourth-order valence-electron chi connectivity index (χ4n) is 2.07. The van der Waals surface area contributed by atoms with Crippen molar-refractivity contribution in [1.29, 1.82) is 0 Å². The van der Waals surface area contributed by atoms with Crippen LogP contribution in [0.3, 0.4) is 0 Å². The van der Waals surface area contributed by atoms with Gasteiger partial charge in [-0.05, 0) is 12.0 Å². The molecule has 1 aromatic carbocycles. The third-order valence-corrected chi connectivity index (χ3v) is 4.47. The molecule has 0 saturated heterocycles. The predicted octanol–water partition coefficient (Wildman–Crippen LogP) is 4.87. The van der Waals surface area contributed by atoms with E-state index >= 15 is 0 Å². The Hall–Kier alpha value is -1.48.